The number of benzene rings is 2. The van der Waals surface area contributed by atoms with Crippen LogP contribution in [0, 0.1) is 0 Å². The van der Waals surface area contributed by atoms with Crippen LogP contribution >= 0.6 is 0 Å². The fourth-order valence-electron chi connectivity index (χ4n) is 3.61. The first-order valence-corrected chi connectivity index (χ1v) is 9.65. The molecule has 2 heterocycles. The van der Waals surface area contributed by atoms with Crippen LogP contribution in [-0.2, 0) is 6.18 Å². The van der Waals surface area contributed by atoms with Crippen LogP contribution < -0.4 is 4.90 Å². The molecular formula is C23H20F3N3O. The molecule has 4 rings (SSSR count). The Hall–Kier alpha value is -3.35. The minimum atomic E-state index is -4.39. The maximum atomic E-state index is 13.2. The first kappa shape index (κ1) is 19.9. The summed E-state index contributed by atoms with van der Waals surface area (Å²) < 4.78 is 38.6. The first-order chi connectivity index (χ1) is 14.4. The molecule has 1 amide bonds. The molecule has 0 radical (unpaired) electrons. The van der Waals surface area contributed by atoms with Crippen LogP contribution in [0.25, 0.3) is 11.1 Å². The molecule has 0 aliphatic carbocycles. The number of alkyl halides is 3. The Labute approximate surface area is 172 Å². The third kappa shape index (κ3) is 4.15. The van der Waals surface area contributed by atoms with Gasteiger partial charge in [-0.2, -0.15) is 13.2 Å². The van der Waals surface area contributed by atoms with E-state index in [-0.39, 0.29) is 5.91 Å². The Balaban J connectivity index is 1.52. The van der Waals surface area contributed by atoms with Crippen LogP contribution in [0.15, 0.2) is 72.9 Å². The number of hydrogen-bond acceptors (Lipinski definition) is 3. The van der Waals surface area contributed by atoms with Gasteiger partial charge in [0, 0.05) is 37.9 Å². The highest BCUT2D eigenvalue weighted by atomic mass is 19.4. The van der Waals surface area contributed by atoms with E-state index in [1.54, 1.807) is 35.4 Å². The topological polar surface area (TPSA) is 36.4 Å². The molecule has 0 atom stereocenters. The van der Waals surface area contributed by atoms with E-state index >= 15 is 0 Å². The molecule has 3 aromatic rings. The number of hydrogen-bond donors (Lipinski definition) is 0. The van der Waals surface area contributed by atoms with Crippen molar-refractivity contribution in [3.05, 3.63) is 84.1 Å². The Morgan fingerprint density at radius 2 is 1.50 bits per heavy atom. The third-order valence-corrected chi connectivity index (χ3v) is 5.22. The largest absolute Gasteiger partial charge is 0.416 e. The van der Waals surface area contributed by atoms with Crippen LogP contribution in [0.3, 0.4) is 0 Å². The quantitative estimate of drug-likeness (QED) is 0.625. The van der Waals surface area contributed by atoms with Crippen molar-refractivity contribution in [2.45, 2.75) is 6.18 Å². The maximum Gasteiger partial charge on any atom is 0.416 e. The lowest BCUT2D eigenvalue weighted by Crippen LogP contribution is -2.49. The zero-order chi connectivity index (χ0) is 21.1. The number of piperazine rings is 1. The lowest BCUT2D eigenvalue weighted by atomic mass is 9.97. The second-order valence-electron chi connectivity index (χ2n) is 7.09. The first-order valence-electron chi connectivity index (χ1n) is 9.65. The lowest BCUT2D eigenvalue weighted by Gasteiger charge is -2.35. The summed E-state index contributed by atoms with van der Waals surface area (Å²) >= 11 is 0. The average molecular weight is 411 g/mol. The van der Waals surface area contributed by atoms with Gasteiger partial charge in [0.2, 0.25) is 0 Å². The van der Waals surface area contributed by atoms with Crippen LogP contribution in [-0.4, -0.2) is 42.0 Å². The fourth-order valence-corrected chi connectivity index (χ4v) is 3.61. The van der Waals surface area contributed by atoms with E-state index in [1.165, 1.54) is 12.1 Å². The predicted molar refractivity (Wildman–Crippen MR) is 109 cm³/mol. The van der Waals surface area contributed by atoms with E-state index in [0.717, 1.165) is 18.0 Å². The second kappa shape index (κ2) is 8.18. The molecule has 1 aromatic heterocycles. The van der Waals surface area contributed by atoms with Crippen LogP contribution in [0.5, 0.6) is 0 Å². The third-order valence-electron chi connectivity index (χ3n) is 5.22. The molecule has 0 saturated carbocycles. The summed E-state index contributed by atoms with van der Waals surface area (Å²) in [5.41, 5.74) is 0.992. The summed E-state index contributed by atoms with van der Waals surface area (Å²) in [6.07, 6.45) is -2.64. The van der Waals surface area contributed by atoms with Crippen molar-refractivity contribution in [2.24, 2.45) is 0 Å². The van der Waals surface area contributed by atoms with Gasteiger partial charge in [0.25, 0.3) is 5.91 Å². The highest BCUT2D eigenvalue weighted by Gasteiger charge is 2.30. The van der Waals surface area contributed by atoms with Crippen molar-refractivity contribution in [2.75, 3.05) is 31.1 Å². The van der Waals surface area contributed by atoms with Crippen molar-refractivity contribution in [1.82, 2.24) is 9.88 Å². The Bertz CT molecular complexity index is 1010. The molecule has 1 fully saturated rings. The number of carbonyl (C=O) groups is 1. The lowest BCUT2D eigenvalue weighted by molar-refractivity contribution is -0.137. The summed E-state index contributed by atoms with van der Waals surface area (Å²) in [5, 5.41) is 0. The van der Waals surface area contributed by atoms with Gasteiger partial charge in [0.05, 0.1) is 5.56 Å². The van der Waals surface area contributed by atoms with Gasteiger partial charge >= 0.3 is 6.18 Å². The number of nitrogens with zero attached hydrogens (tertiary/aromatic N) is 3. The summed E-state index contributed by atoms with van der Waals surface area (Å²) in [5.74, 6) is 0.765. The highest BCUT2D eigenvalue weighted by Crippen LogP contribution is 2.32. The molecule has 154 valence electrons. The van der Waals surface area contributed by atoms with Crippen molar-refractivity contribution in [3.8, 4) is 11.1 Å². The molecule has 0 N–H and O–H groups in total. The van der Waals surface area contributed by atoms with Gasteiger partial charge in [-0.3, -0.25) is 4.79 Å². The van der Waals surface area contributed by atoms with Gasteiger partial charge in [-0.05, 0) is 41.5 Å². The number of anilines is 1. The van der Waals surface area contributed by atoms with E-state index in [2.05, 4.69) is 9.88 Å². The molecule has 1 aliphatic rings. The van der Waals surface area contributed by atoms with E-state index in [9.17, 15) is 18.0 Å². The number of aromatic nitrogens is 1. The summed E-state index contributed by atoms with van der Waals surface area (Å²) in [6, 6.07) is 17.7. The van der Waals surface area contributed by atoms with Gasteiger partial charge in [-0.15, -0.1) is 0 Å². The second-order valence-corrected chi connectivity index (χ2v) is 7.09. The van der Waals surface area contributed by atoms with E-state index in [0.29, 0.717) is 42.9 Å². The highest BCUT2D eigenvalue weighted by molar-refractivity contribution is 6.01. The summed E-state index contributed by atoms with van der Waals surface area (Å²) in [6.45, 7) is 2.45. The van der Waals surface area contributed by atoms with E-state index in [1.807, 2.05) is 18.2 Å². The number of rotatable bonds is 3. The molecule has 7 heteroatoms. The normalized spacial score (nSPS) is 14.6. The number of carbonyl (C=O) groups excluding carboxylic acids is 1. The number of halogens is 3. The van der Waals surface area contributed by atoms with Crippen LogP contribution in [0.2, 0.25) is 0 Å². The van der Waals surface area contributed by atoms with Crippen LogP contribution in [0.4, 0.5) is 19.0 Å². The molecule has 2 aromatic carbocycles. The van der Waals surface area contributed by atoms with Gasteiger partial charge in [0.1, 0.15) is 5.82 Å². The smallest absolute Gasteiger partial charge is 0.353 e. The molecule has 1 aliphatic heterocycles. The zero-order valence-corrected chi connectivity index (χ0v) is 16.1. The molecular weight excluding hydrogens is 391 g/mol. The monoisotopic (exact) mass is 411 g/mol. The summed E-state index contributed by atoms with van der Waals surface area (Å²) in [7, 11) is 0. The molecule has 1 saturated heterocycles. The molecule has 0 bridgehead atoms. The van der Waals surface area contributed by atoms with Gasteiger partial charge in [-0.1, -0.05) is 36.4 Å². The SMILES string of the molecule is O=C(c1ccccc1-c1ccc(C(F)(F)F)cc1)N1CCN(c2ccccn2)CC1. The Morgan fingerprint density at radius 3 is 2.13 bits per heavy atom. The predicted octanol–water partition coefficient (Wildman–Crippen LogP) is 4.73. The Morgan fingerprint density at radius 1 is 0.833 bits per heavy atom. The molecule has 30 heavy (non-hydrogen) atoms. The minimum absolute atomic E-state index is 0.119. The van der Waals surface area contributed by atoms with Crippen molar-refractivity contribution in [1.29, 1.82) is 0 Å². The molecule has 4 nitrogen and oxygen atoms in total. The number of pyridine rings is 1. The fraction of sp³-hybridized carbons (Fsp3) is 0.217. The average Bonchev–Trinajstić information content (AvgIpc) is 2.79. The molecule has 0 spiro atoms. The van der Waals surface area contributed by atoms with Crippen molar-refractivity contribution in [3.63, 3.8) is 0 Å². The number of amides is 1. The Kier molecular flexibility index (Phi) is 5.44. The van der Waals surface area contributed by atoms with Crippen molar-refractivity contribution >= 4 is 11.7 Å². The van der Waals surface area contributed by atoms with E-state index in [4.69, 9.17) is 0 Å². The van der Waals surface area contributed by atoms with Gasteiger partial charge < -0.3 is 9.80 Å². The van der Waals surface area contributed by atoms with Crippen molar-refractivity contribution < 1.29 is 18.0 Å². The zero-order valence-electron chi connectivity index (χ0n) is 16.1. The van der Waals surface area contributed by atoms with Crippen LogP contribution in [0.1, 0.15) is 15.9 Å². The van der Waals surface area contributed by atoms with Gasteiger partial charge in [-0.25, -0.2) is 4.98 Å². The minimum Gasteiger partial charge on any atom is -0.353 e. The standard InChI is InChI=1S/C23H20F3N3O/c24-23(25,26)18-10-8-17(9-11-18)19-5-1-2-6-20(19)22(30)29-15-13-28(14-16-29)21-7-3-4-12-27-21/h1-12H,13-16H2. The molecule has 0 unspecified atom stereocenters. The summed E-state index contributed by atoms with van der Waals surface area (Å²) in [4.78, 5) is 21.4. The maximum absolute atomic E-state index is 13.2. The van der Waals surface area contributed by atoms with E-state index < -0.39 is 11.7 Å². The van der Waals surface area contributed by atoms with Gasteiger partial charge in [0.15, 0.2) is 0 Å².